The Kier molecular flexibility index (Phi) is 5.32. The number of aromatic nitrogens is 1. The van der Waals surface area contributed by atoms with Gasteiger partial charge in [-0.1, -0.05) is 19.3 Å². The van der Waals surface area contributed by atoms with E-state index >= 15 is 0 Å². The summed E-state index contributed by atoms with van der Waals surface area (Å²) in [5, 5.41) is 10.8. The van der Waals surface area contributed by atoms with Crippen LogP contribution in [-0.4, -0.2) is 27.2 Å². The summed E-state index contributed by atoms with van der Waals surface area (Å²) in [5.74, 6) is 1.35. The summed E-state index contributed by atoms with van der Waals surface area (Å²) >= 11 is 1.93. The first kappa shape index (κ1) is 13.7. The molecule has 1 saturated carbocycles. The monoisotopic (exact) mass is 266 g/mol. The van der Waals surface area contributed by atoms with Crippen LogP contribution < -0.4 is 5.73 Å². The Labute approximate surface area is 113 Å². The maximum atomic E-state index is 10.0. The molecule has 1 aromatic heterocycles. The van der Waals surface area contributed by atoms with Gasteiger partial charge in [0.05, 0.1) is 6.10 Å². The summed E-state index contributed by atoms with van der Waals surface area (Å²) in [6.07, 6.45) is 8.83. The molecule has 0 saturated heterocycles. The molecule has 4 heteroatoms. The molecule has 0 radical (unpaired) electrons. The van der Waals surface area contributed by atoms with E-state index in [0.717, 1.165) is 16.6 Å². The van der Waals surface area contributed by atoms with E-state index in [2.05, 4.69) is 4.98 Å². The second-order valence-electron chi connectivity index (χ2n) is 5.04. The number of nitrogens with zero attached hydrogens (tertiary/aromatic N) is 1. The predicted molar refractivity (Wildman–Crippen MR) is 77.7 cm³/mol. The average Bonchev–Trinajstić information content (AvgIpc) is 2.38. The Bertz CT molecular complexity index is 367. The molecule has 0 aliphatic heterocycles. The number of pyridine rings is 1. The van der Waals surface area contributed by atoms with Gasteiger partial charge < -0.3 is 10.8 Å². The van der Waals surface area contributed by atoms with Crippen LogP contribution in [0.4, 0.5) is 5.82 Å². The highest BCUT2D eigenvalue weighted by atomic mass is 32.2. The third-order valence-corrected chi connectivity index (χ3v) is 4.91. The molecule has 1 aliphatic carbocycles. The van der Waals surface area contributed by atoms with Crippen LogP contribution in [-0.2, 0) is 6.42 Å². The molecule has 0 spiro atoms. The molecule has 100 valence electrons. The number of nitrogen functional groups attached to an aromatic ring is 1. The quantitative estimate of drug-likeness (QED) is 0.860. The summed E-state index contributed by atoms with van der Waals surface area (Å²) in [6, 6.07) is 3.76. The fraction of sp³-hybridized carbons (Fsp3) is 0.643. The van der Waals surface area contributed by atoms with Gasteiger partial charge in [-0.05, 0) is 37.0 Å². The molecule has 0 bridgehead atoms. The fourth-order valence-electron chi connectivity index (χ4n) is 2.43. The fourth-order valence-corrected chi connectivity index (χ4v) is 3.71. The maximum absolute atomic E-state index is 10.0. The Morgan fingerprint density at radius 1 is 1.39 bits per heavy atom. The number of thioether (sulfide) groups is 1. The zero-order valence-corrected chi connectivity index (χ0v) is 11.5. The van der Waals surface area contributed by atoms with Gasteiger partial charge in [-0.25, -0.2) is 4.98 Å². The summed E-state index contributed by atoms with van der Waals surface area (Å²) in [4.78, 5) is 3.96. The molecule has 3 N–H and O–H groups in total. The highest BCUT2D eigenvalue weighted by Crippen LogP contribution is 2.28. The van der Waals surface area contributed by atoms with Gasteiger partial charge in [-0.15, -0.1) is 0 Å². The number of hydrogen-bond donors (Lipinski definition) is 2. The van der Waals surface area contributed by atoms with Crippen molar-refractivity contribution in [3.05, 3.63) is 23.9 Å². The van der Waals surface area contributed by atoms with Crippen molar-refractivity contribution in [3.63, 3.8) is 0 Å². The Morgan fingerprint density at radius 2 is 2.17 bits per heavy atom. The number of aliphatic hydroxyl groups excluding tert-OH is 1. The first-order valence-corrected chi connectivity index (χ1v) is 7.79. The van der Waals surface area contributed by atoms with Crippen molar-refractivity contribution in [2.24, 2.45) is 0 Å². The summed E-state index contributed by atoms with van der Waals surface area (Å²) in [6.45, 7) is 0. The van der Waals surface area contributed by atoms with E-state index in [1.54, 1.807) is 6.20 Å². The normalized spacial score (nSPS) is 18.7. The molecule has 1 atom stereocenters. The lowest BCUT2D eigenvalue weighted by Crippen LogP contribution is -2.17. The van der Waals surface area contributed by atoms with E-state index in [-0.39, 0.29) is 6.10 Å². The molecule has 3 nitrogen and oxygen atoms in total. The number of rotatable bonds is 5. The van der Waals surface area contributed by atoms with Gasteiger partial charge in [-0.2, -0.15) is 11.8 Å². The SMILES string of the molecule is Nc1cc(CC(O)CSC2CCCCC2)ccn1. The van der Waals surface area contributed by atoms with Crippen LogP contribution in [0.2, 0.25) is 0 Å². The average molecular weight is 266 g/mol. The van der Waals surface area contributed by atoms with Gasteiger partial charge >= 0.3 is 0 Å². The summed E-state index contributed by atoms with van der Waals surface area (Å²) < 4.78 is 0. The predicted octanol–water partition coefficient (Wildman–Crippen LogP) is 2.63. The Balaban J connectivity index is 1.72. The van der Waals surface area contributed by atoms with Gasteiger partial charge in [0.2, 0.25) is 0 Å². The minimum absolute atomic E-state index is 0.279. The highest BCUT2D eigenvalue weighted by molar-refractivity contribution is 7.99. The zero-order chi connectivity index (χ0) is 12.8. The van der Waals surface area contributed by atoms with Crippen LogP contribution in [0.15, 0.2) is 18.3 Å². The number of hydrogen-bond acceptors (Lipinski definition) is 4. The van der Waals surface area contributed by atoms with Gasteiger partial charge in [-0.3, -0.25) is 0 Å². The standard InChI is InChI=1S/C14H22N2OS/c15-14-9-11(6-7-16-14)8-12(17)10-18-13-4-2-1-3-5-13/h6-7,9,12-13,17H,1-5,8,10H2,(H2,15,16). The lowest BCUT2D eigenvalue weighted by Gasteiger charge is -2.22. The third kappa shape index (κ3) is 4.50. The van der Waals surface area contributed by atoms with Crippen molar-refractivity contribution in [1.29, 1.82) is 0 Å². The molecular formula is C14H22N2OS. The molecule has 2 rings (SSSR count). The molecule has 1 aromatic rings. The Morgan fingerprint density at radius 3 is 2.89 bits per heavy atom. The van der Waals surface area contributed by atoms with Gasteiger partial charge in [0.25, 0.3) is 0 Å². The van der Waals surface area contributed by atoms with Gasteiger partial charge in [0.15, 0.2) is 0 Å². The highest BCUT2D eigenvalue weighted by Gasteiger charge is 2.15. The molecule has 1 heterocycles. The summed E-state index contributed by atoms with van der Waals surface area (Å²) in [7, 11) is 0. The lowest BCUT2D eigenvalue weighted by atomic mass is 10.0. The Hall–Kier alpha value is -0.740. The van der Waals surface area contributed by atoms with E-state index in [1.807, 2.05) is 23.9 Å². The first-order chi connectivity index (χ1) is 8.74. The van der Waals surface area contributed by atoms with Crippen molar-refractivity contribution in [3.8, 4) is 0 Å². The second-order valence-corrected chi connectivity index (χ2v) is 6.37. The molecule has 1 unspecified atom stereocenters. The van der Waals surface area contributed by atoms with Gasteiger partial charge in [0.1, 0.15) is 5.82 Å². The zero-order valence-electron chi connectivity index (χ0n) is 10.7. The third-order valence-electron chi connectivity index (χ3n) is 3.39. The minimum atomic E-state index is -0.279. The van der Waals surface area contributed by atoms with Crippen LogP contribution in [0.25, 0.3) is 0 Å². The van der Waals surface area contributed by atoms with Crippen molar-refractivity contribution in [2.45, 2.75) is 49.9 Å². The largest absolute Gasteiger partial charge is 0.392 e. The smallest absolute Gasteiger partial charge is 0.123 e. The first-order valence-electron chi connectivity index (χ1n) is 6.74. The van der Waals surface area contributed by atoms with Crippen molar-refractivity contribution >= 4 is 17.6 Å². The van der Waals surface area contributed by atoms with Crippen molar-refractivity contribution in [1.82, 2.24) is 4.98 Å². The van der Waals surface area contributed by atoms with Crippen molar-refractivity contribution < 1.29 is 5.11 Å². The van der Waals surface area contributed by atoms with E-state index in [4.69, 9.17) is 5.73 Å². The van der Waals surface area contributed by atoms with Crippen LogP contribution in [0.5, 0.6) is 0 Å². The molecule has 0 aromatic carbocycles. The van der Waals surface area contributed by atoms with Crippen LogP contribution in [0.3, 0.4) is 0 Å². The topological polar surface area (TPSA) is 59.1 Å². The summed E-state index contributed by atoms with van der Waals surface area (Å²) in [5.41, 5.74) is 6.70. The molecular weight excluding hydrogens is 244 g/mol. The molecule has 0 amide bonds. The van der Waals surface area contributed by atoms with Crippen LogP contribution in [0.1, 0.15) is 37.7 Å². The molecule has 18 heavy (non-hydrogen) atoms. The van der Waals surface area contributed by atoms with E-state index < -0.39 is 0 Å². The molecule has 1 fully saturated rings. The number of anilines is 1. The maximum Gasteiger partial charge on any atom is 0.123 e. The van der Waals surface area contributed by atoms with Gasteiger partial charge in [0, 0.05) is 17.2 Å². The number of nitrogens with two attached hydrogens (primary N) is 1. The van der Waals surface area contributed by atoms with E-state index in [1.165, 1.54) is 32.1 Å². The molecule has 1 aliphatic rings. The second kappa shape index (κ2) is 7.00. The number of aliphatic hydroxyl groups is 1. The van der Waals surface area contributed by atoms with E-state index in [0.29, 0.717) is 12.2 Å². The van der Waals surface area contributed by atoms with E-state index in [9.17, 15) is 5.11 Å². The van der Waals surface area contributed by atoms with Crippen molar-refractivity contribution in [2.75, 3.05) is 11.5 Å². The van der Waals surface area contributed by atoms with Crippen LogP contribution in [0, 0.1) is 0 Å². The lowest BCUT2D eigenvalue weighted by molar-refractivity contribution is 0.200. The minimum Gasteiger partial charge on any atom is -0.392 e. The van der Waals surface area contributed by atoms with Crippen LogP contribution >= 0.6 is 11.8 Å².